The van der Waals surface area contributed by atoms with Gasteiger partial charge in [0, 0.05) is 72.2 Å². The Labute approximate surface area is 222 Å². The first-order chi connectivity index (χ1) is 17.8. The van der Waals surface area contributed by atoms with Gasteiger partial charge in [-0.3, -0.25) is 14.6 Å². The highest BCUT2D eigenvalue weighted by atomic mass is 16.5. The fourth-order valence-electron chi connectivity index (χ4n) is 4.88. The fraction of sp³-hybridized carbons (Fsp3) is 0.387. The number of ether oxygens (including phenoxy) is 1. The fourth-order valence-corrected chi connectivity index (χ4v) is 4.88. The Kier molecular flexibility index (Phi) is 8.85. The minimum Gasteiger partial charge on any atom is -0.427 e. The second-order valence-electron chi connectivity index (χ2n) is 10.2. The van der Waals surface area contributed by atoms with Gasteiger partial charge >= 0.3 is 5.97 Å². The molecule has 1 aliphatic heterocycles. The van der Waals surface area contributed by atoms with Crippen LogP contribution in [0.15, 0.2) is 72.8 Å². The maximum atomic E-state index is 11.8. The third kappa shape index (κ3) is 6.90. The standard InChI is InChI=1S/C31H40N4O2/c1-6-30(36)37-29-18-12-26(13-19-29)31-34(22-24-8-14-27(15-9-24)32(2)3)20-7-21-35(31)23-25-10-16-28(17-11-25)33(4)5/h8-19,31H,6-7,20-23H2,1-5H3. The summed E-state index contributed by atoms with van der Waals surface area (Å²) in [6, 6.07) is 25.8. The molecule has 0 unspecified atom stereocenters. The number of hydrogen-bond acceptors (Lipinski definition) is 6. The molecule has 0 radical (unpaired) electrons. The van der Waals surface area contributed by atoms with Crippen LogP contribution in [-0.2, 0) is 17.9 Å². The first-order valence-corrected chi connectivity index (χ1v) is 13.2. The summed E-state index contributed by atoms with van der Waals surface area (Å²) in [5, 5.41) is 0. The molecule has 0 N–H and O–H groups in total. The molecule has 0 bridgehead atoms. The summed E-state index contributed by atoms with van der Waals surface area (Å²) < 4.78 is 5.44. The van der Waals surface area contributed by atoms with Crippen LogP contribution in [0.4, 0.5) is 11.4 Å². The van der Waals surface area contributed by atoms with Gasteiger partial charge in [0.25, 0.3) is 0 Å². The van der Waals surface area contributed by atoms with Gasteiger partial charge in [-0.15, -0.1) is 0 Å². The predicted molar refractivity (Wildman–Crippen MR) is 152 cm³/mol. The highest BCUT2D eigenvalue weighted by molar-refractivity contribution is 5.71. The molecule has 0 aliphatic carbocycles. The van der Waals surface area contributed by atoms with E-state index >= 15 is 0 Å². The van der Waals surface area contributed by atoms with Gasteiger partial charge in [-0.25, -0.2) is 0 Å². The maximum Gasteiger partial charge on any atom is 0.310 e. The molecular formula is C31H40N4O2. The van der Waals surface area contributed by atoms with Crippen molar-refractivity contribution in [3.05, 3.63) is 89.5 Å². The van der Waals surface area contributed by atoms with E-state index in [9.17, 15) is 4.79 Å². The van der Waals surface area contributed by atoms with Crippen LogP contribution in [0.25, 0.3) is 0 Å². The lowest BCUT2D eigenvalue weighted by molar-refractivity contribution is -0.134. The van der Waals surface area contributed by atoms with E-state index in [0.29, 0.717) is 12.2 Å². The number of esters is 1. The number of anilines is 2. The van der Waals surface area contributed by atoms with Crippen molar-refractivity contribution < 1.29 is 9.53 Å². The number of rotatable bonds is 9. The van der Waals surface area contributed by atoms with E-state index in [1.54, 1.807) is 0 Å². The molecule has 3 aromatic carbocycles. The first-order valence-electron chi connectivity index (χ1n) is 13.2. The molecule has 0 aromatic heterocycles. The molecular weight excluding hydrogens is 460 g/mol. The van der Waals surface area contributed by atoms with Gasteiger partial charge < -0.3 is 14.5 Å². The predicted octanol–water partition coefficient (Wildman–Crippen LogP) is 5.54. The molecule has 1 fully saturated rings. The lowest BCUT2D eigenvalue weighted by Crippen LogP contribution is -2.46. The number of carbonyl (C=O) groups is 1. The summed E-state index contributed by atoms with van der Waals surface area (Å²) in [7, 11) is 8.28. The smallest absolute Gasteiger partial charge is 0.310 e. The second-order valence-corrected chi connectivity index (χ2v) is 10.2. The van der Waals surface area contributed by atoms with Crippen molar-refractivity contribution in [2.24, 2.45) is 0 Å². The van der Waals surface area contributed by atoms with Gasteiger partial charge in [-0.1, -0.05) is 43.3 Å². The third-order valence-corrected chi connectivity index (χ3v) is 6.96. The molecule has 37 heavy (non-hydrogen) atoms. The number of benzene rings is 3. The van der Waals surface area contributed by atoms with E-state index in [1.165, 1.54) is 28.1 Å². The first kappa shape index (κ1) is 26.7. The van der Waals surface area contributed by atoms with Gasteiger partial charge in [-0.05, 0) is 59.5 Å². The Balaban J connectivity index is 1.60. The number of hydrogen-bond donors (Lipinski definition) is 0. The van der Waals surface area contributed by atoms with Crippen molar-refractivity contribution in [2.75, 3.05) is 51.1 Å². The molecule has 0 saturated carbocycles. The van der Waals surface area contributed by atoms with E-state index in [4.69, 9.17) is 4.74 Å². The molecule has 3 aromatic rings. The van der Waals surface area contributed by atoms with Gasteiger partial charge in [0.15, 0.2) is 0 Å². The Morgan fingerprint density at radius 1 is 0.757 bits per heavy atom. The molecule has 1 heterocycles. The van der Waals surface area contributed by atoms with Crippen LogP contribution in [-0.4, -0.2) is 57.0 Å². The van der Waals surface area contributed by atoms with Crippen molar-refractivity contribution in [3.63, 3.8) is 0 Å². The van der Waals surface area contributed by atoms with E-state index < -0.39 is 0 Å². The molecule has 1 saturated heterocycles. The summed E-state index contributed by atoms with van der Waals surface area (Å²) in [6.07, 6.45) is 1.62. The number of carbonyl (C=O) groups excluding carboxylic acids is 1. The maximum absolute atomic E-state index is 11.8. The molecule has 0 amide bonds. The van der Waals surface area contributed by atoms with Crippen molar-refractivity contribution in [3.8, 4) is 5.75 Å². The molecule has 0 spiro atoms. The molecule has 6 heteroatoms. The second kappa shape index (κ2) is 12.3. The summed E-state index contributed by atoms with van der Waals surface area (Å²) in [4.78, 5) is 21.2. The minimum absolute atomic E-state index is 0.131. The Hall–Kier alpha value is -3.35. The Morgan fingerprint density at radius 3 is 1.62 bits per heavy atom. The summed E-state index contributed by atoms with van der Waals surface area (Å²) >= 11 is 0. The largest absolute Gasteiger partial charge is 0.427 e. The van der Waals surface area contributed by atoms with Crippen molar-refractivity contribution in [1.82, 2.24) is 9.80 Å². The lowest BCUT2D eigenvalue weighted by Gasteiger charge is -2.44. The molecule has 6 nitrogen and oxygen atoms in total. The van der Waals surface area contributed by atoms with Crippen LogP contribution in [0.3, 0.4) is 0 Å². The van der Waals surface area contributed by atoms with Crippen molar-refractivity contribution in [1.29, 1.82) is 0 Å². The summed E-state index contributed by atoms with van der Waals surface area (Å²) in [6.45, 7) is 5.62. The van der Waals surface area contributed by atoms with Crippen LogP contribution < -0.4 is 14.5 Å². The van der Waals surface area contributed by atoms with Crippen molar-refractivity contribution >= 4 is 17.3 Å². The SMILES string of the molecule is CCC(=O)Oc1ccc(C2N(Cc3ccc(N(C)C)cc3)CCCN2Cc2ccc(N(C)C)cc2)cc1. The van der Waals surface area contributed by atoms with E-state index in [1.807, 2.05) is 19.1 Å². The Morgan fingerprint density at radius 2 is 1.22 bits per heavy atom. The van der Waals surface area contributed by atoms with Gasteiger partial charge in [0.2, 0.25) is 0 Å². The lowest BCUT2D eigenvalue weighted by atomic mass is 10.0. The molecule has 196 valence electrons. The average molecular weight is 501 g/mol. The summed E-state index contributed by atoms with van der Waals surface area (Å²) in [5.74, 6) is 0.388. The monoisotopic (exact) mass is 500 g/mol. The molecule has 4 rings (SSSR count). The van der Waals surface area contributed by atoms with E-state index in [-0.39, 0.29) is 12.1 Å². The topological polar surface area (TPSA) is 39.3 Å². The van der Waals surface area contributed by atoms with Crippen LogP contribution >= 0.6 is 0 Å². The normalized spacial score (nSPS) is 14.9. The number of nitrogens with zero attached hydrogens (tertiary/aromatic N) is 4. The zero-order chi connectivity index (χ0) is 26.4. The van der Waals surface area contributed by atoms with Crippen LogP contribution in [0.1, 0.15) is 42.6 Å². The third-order valence-electron chi connectivity index (χ3n) is 6.96. The van der Waals surface area contributed by atoms with Crippen LogP contribution in [0.2, 0.25) is 0 Å². The zero-order valence-electron chi connectivity index (χ0n) is 22.9. The van der Waals surface area contributed by atoms with Gasteiger partial charge in [0.1, 0.15) is 5.75 Å². The van der Waals surface area contributed by atoms with Crippen LogP contribution in [0.5, 0.6) is 5.75 Å². The molecule has 0 atom stereocenters. The highest BCUT2D eigenvalue weighted by Gasteiger charge is 2.31. The minimum atomic E-state index is -0.212. The van der Waals surface area contributed by atoms with Crippen molar-refractivity contribution in [2.45, 2.75) is 39.0 Å². The summed E-state index contributed by atoms with van der Waals surface area (Å²) in [5.41, 5.74) is 6.24. The van der Waals surface area contributed by atoms with E-state index in [2.05, 4.69) is 108 Å². The van der Waals surface area contributed by atoms with Crippen LogP contribution in [0, 0.1) is 0 Å². The van der Waals surface area contributed by atoms with E-state index in [0.717, 1.165) is 32.6 Å². The van der Waals surface area contributed by atoms with Gasteiger partial charge in [-0.2, -0.15) is 0 Å². The zero-order valence-corrected chi connectivity index (χ0v) is 22.9. The average Bonchev–Trinajstić information content (AvgIpc) is 2.90. The molecule has 1 aliphatic rings. The quantitative estimate of drug-likeness (QED) is 0.284. The highest BCUT2D eigenvalue weighted by Crippen LogP contribution is 2.33. The Bertz CT molecular complexity index is 1080. The van der Waals surface area contributed by atoms with Gasteiger partial charge in [0.05, 0.1) is 6.17 Å².